The lowest BCUT2D eigenvalue weighted by Gasteiger charge is -2.17. The van der Waals surface area contributed by atoms with Crippen molar-refractivity contribution in [3.8, 4) is 5.69 Å². The molecule has 26 heavy (non-hydrogen) atoms. The number of hydrogen-bond donors (Lipinski definition) is 1. The summed E-state index contributed by atoms with van der Waals surface area (Å²) in [7, 11) is 0. The second-order valence-corrected chi connectivity index (χ2v) is 5.79. The zero-order valence-corrected chi connectivity index (χ0v) is 13.8. The number of anilines is 1. The summed E-state index contributed by atoms with van der Waals surface area (Å²) in [5.74, 6) is -3.23. The molecule has 0 bridgehead atoms. The minimum atomic E-state index is -4.83. The Kier molecular flexibility index (Phi) is 4.45. The largest absolute Gasteiger partial charge is 0.548 e. The van der Waals surface area contributed by atoms with Crippen molar-refractivity contribution in [3.63, 3.8) is 0 Å². The van der Waals surface area contributed by atoms with Gasteiger partial charge in [-0.2, -0.15) is 18.3 Å². The molecule has 0 fully saturated rings. The van der Waals surface area contributed by atoms with Gasteiger partial charge in [-0.1, -0.05) is 17.7 Å². The quantitative estimate of drug-likeness (QED) is 0.739. The number of hydrogen-bond acceptors (Lipinski definition) is 6. The van der Waals surface area contributed by atoms with Crippen molar-refractivity contribution in [2.75, 3.05) is 5.32 Å². The number of rotatable bonds is 4. The van der Waals surface area contributed by atoms with Gasteiger partial charge < -0.3 is 15.2 Å². The van der Waals surface area contributed by atoms with E-state index in [0.29, 0.717) is 10.7 Å². The van der Waals surface area contributed by atoms with Gasteiger partial charge >= 0.3 is 6.18 Å². The topological polar surface area (TPSA) is 95.8 Å². The number of carboxylic acid groups (broad SMARTS) is 1. The van der Waals surface area contributed by atoms with E-state index in [-0.39, 0.29) is 16.9 Å². The monoisotopic (exact) mass is 384 g/mol. The standard InChI is InChI=1S/C15H11ClF3N5O2/c1-7(13(25)26)21-11-10-6-20-24(9-4-2-3-8(16)5-9)12(10)23-14(22-11)15(17,18)19/h2-7H,1H3,(H,25,26)(H,21,22,23)/p-1/t7-/m0/s1. The van der Waals surface area contributed by atoms with Gasteiger partial charge in [-0.3, -0.25) is 0 Å². The first-order chi connectivity index (χ1) is 12.2. The van der Waals surface area contributed by atoms with Gasteiger partial charge in [0.15, 0.2) is 5.65 Å². The normalized spacial score (nSPS) is 13.0. The van der Waals surface area contributed by atoms with Crippen LogP contribution in [-0.2, 0) is 11.0 Å². The number of halogens is 4. The highest BCUT2D eigenvalue weighted by molar-refractivity contribution is 6.30. The summed E-state index contributed by atoms with van der Waals surface area (Å²) in [5, 5.41) is 17.8. The molecule has 0 spiro atoms. The van der Waals surface area contributed by atoms with Crippen LogP contribution in [0.25, 0.3) is 16.7 Å². The average Bonchev–Trinajstić information content (AvgIpc) is 2.98. The Bertz CT molecular complexity index is 989. The summed E-state index contributed by atoms with van der Waals surface area (Å²) in [6, 6.07) is 5.02. The highest BCUT2D eigenvalue weighted by Gasteiger charge is 2.36. The van der Waals surface area contributed by atoms with Crippen LogP contribution in [0.3, 0.4) is 0 Å². The Balaban J connectivity index is 2.23. The lowest BCUT2D eigenvalue weighted by atomic mass is 10.3. The summed E-state index contributed by atoms with van der Waals surface area (Å²) in [4.78, 5) is 17.9. The zero-order chi connectivity index (χ0) is 19.1. The molecule has 0 aliphatic rings. The fraction of sp³-hybridized carbons (Fsp3) is 0.200. The second kappa shape index (κ2) is 6.45. The van der Waals surface area contributed by atoms with Crippen LogP contribution in [0.1, 0.15) is 12.7 Å². The van der Waals surface area contributed by atoms with E-state index in [2.05, 4.69) is 20.4 Å². The number of aromatic nitrogens is 4. The molecular formula is C15H10ClF3N5O2-. The number of carbonyl (C=O) groups is 1. The minimum Gasteiger partial charge on any atom is -0.548 e. The number of fused-ring (bicyclic) bond motifs is 1. The minimum absolute atomic E-state index is 0.117. The fourth-order valence-electron chi connectivity index (χ4n) is 2.21. The smallest absolute Gasteiger partial charge is 0.451 e. The molecule has 0 aliphatic carbocycles. The Hall–Kier alpha value is -2.88. The van der Waals surface area contributed by atoms with Gasteiger partial charge in [0.1, 0.15) is 5.82 Å². The van der Waals surface area contributed by atoms with Crippen LogP contribution in [0.2, 0.25) is 5.02 Å². The molecule has 0 radical (unpaired) electrons. The molecule has 1 atom stereocenters. The summed E-state index contributed by atoms with van der Waals surface area (Å²) in [6.07, 6.45) is -3.60. The molecule has 136 valence electrons. The number of carboxylic acids is 1. The Morgan fingerprint density at radius 2 is 2.08 bits per heavy atom. The third-order valence-electron chi connectivity index (χ3n) is 3.44. The molecule has 1 aromatic carbocycles. The summed E-state index contributed by atoms with van der Waals surface area (Å²) in [5.41, 5.74) is 0.237. The SMILES string of the molecule is C[C@H](Nc1nc(C(F)(F)F)nc2c1cnn2-c1cccc(Cl)c1)C(=O)[O-]. The van der Waals surface area contributed by atoms with Crippen LogP contribution in [0.15, 0.2) is 30.5 Å². The first kappa shape index (κ1) is 17.9. The zero-order valence-electron chi connectivity index (χ0n) is 13.1. The van der Waals surface area contributed by atoms with Gasteiger partial charge in [-0.25, -0.2) is 14.6 Å². The van der Waals surface area contributed by atoms with Crippen molar-refractivity contribution < 1.29 is 23.1 Å². The predicted molar refractivity (Wildman–Crippen MR) is 84.8 cm³/mol. The van der Waals surface area contributed by atoms with E-state index in [1.54, 1.807) is 18.2 Å². The molecule has 2 heterocycles. The highest BCUT2D eigenvalue weighted by Crippen LogP contribution is 2.31. The van der Waals surface area contributed by atoms with Gasteiger partial charge in [0.05, 0.1) is 29.3 Å². The van der Waals surface area contributed by atoms with E-state index in [0.717, 1.165) is 4.68 Å². The van der Waals surface area contributed by atoms with Crippen LogP contribution in [0, 0.1) is 0 Å². The number of nitrogens with one attached hydrogen (secondary N) is 1. The Morgan fingerprint density at radius 1 is 1.35 bits per heavy atom. The highest BCUT2D eigenvalue weighted by atomic mass is 35.5. The van der Waals surface area contributed by atoms with E-state index < -0.39 is 24.0 Å². The van der Waals surface area contributed by atoms with Crippen molar-refractivity contribution in [2.24, 2.45) is 0 Å². The van der Waals surface area contributed by atoms with Crippen LogP contribution >= 0.6 is 11.6 Å². The van der Waals surface area contributed by atoms with Crippen LogP contribution < -0.4 is 10.4 Å². The Labute approximate surface area is 149 Å². The van der Waals surface area contributed by atoms with Gasteiger partial charge in [0, 0.05) is 5.02 Å². The van der Waals surface area contributed by atoms with Crippen LogP contribution in [0.4, 0.5) is 19.0 Å². The number of carbonyl (C=O) groups excluding carboxylic acids is 1. The molecule has 0 saturated carbocycles. The van der Waals surface area contributed by atoms with Gasteiger partial charge in [-0.15, -0.1) is 0 Å². The molecule has 0 unspecified atom stereocenters. The molecule has 7 nitrogen and oxygen atoms in total. The lowest BCUT2D eigenvalue weighted by Crippen LogP contribution is -2.39. The molecule has 11 heteroatoms. The second-order valence-electron chi connectivity index (χ2n) is 5.35. The molecule has 1 N–H and O–H groups in total. The number of benzene rings is 1. The van der Waals surface area contributed by atoms with E-state index in [1.807, 2.05) is 0 Å². The van der Waals surface area contributed by atoms with E-state index in [9.17, 15) is 23.1 Å². The van der Waals surface area contributed by atoms with Crippen molar-refractivity contribution in [3.05, 3.63) is 41.3 Å². The first-order valence-corrected chi connectivity index (χ1v) is 7.61. The number of nitrogens with zero attached hydrogens (tertiary/aromatic N) is 4. The molecule has 0 amide bonds. The predicted octanol–water partition coefficient (Wildman–Crippen LogP) is 2.04. The van der Waals surface area contributed by atoms with Crippen molar-refractivity contribution in [1.82, 2.24) is 19.7 Å². The maximum absolute atomic E-state index is 13.2. The molecule has 2 aromatic heterocycles. The van der Waals surface area contributed by atoms with Crippen LogP contribution in [0.5, 0.6) is 0 Å². The maximum Gasteiger partial charge on any atom is 0.451 e. The first-order valence-electron chi connectivity index (χ1n) is 7.23. The molecular weight excluding hydrogens is 375 g/mol. The number of alkyl halides is 3. The van der Waals surface area contributed by atoms with Crippen molar-refractivity contribution in [2.45, 2.75) is 19.1 Å². The van der Waals surface area contributed by atoms with E-state index in [1.165, 1.54) is 19.2 Å². The van der Waals surface area contributed by atoms with Gasteiger partial charge in [0.25, 0.3) is 0 Å². The molecule has 3 rings (SSSR count). The third kappa shape index (κ3) is 3.40. The maximum atomic E-state index is 13.2. The molecule has 0 saturated heterocycles. The van der Waals surface area contributed by atoms with Crippen LogP contribution in [-0.4, -0.2) is 31.8 Å². The molecule has 0 aliphatic heterocycles. The summed E-state index contributed by atoms with van der Waals surface area (Å²) >= 11 is 5.91. The van der Waals surface area contributed by atoms with Gasteiger partial charge in [-0.05, 0) is 25.1 Å². The van der Waals surface area contributed by atoms with Gasteiger partial charge in [0.2, 0.25) is 5.82 Å². The summed E-state index contributed by atoms with van der Waals surface area (Å²) < 4.78 is 40.7. The third-order valence-corrected chi connectivity index (χ3v) is 3.68. The fourth-order valence-corrected chi connectivity index (χ4v) is 2.39. The van der Waals surface area contributed by atoms with E-state index >= 15 is 0 Å². The van der Waals surface area contributed by atoms with Crippen molar-refractivity contribution in [1.29, 1.82) is 0 Å². The average molecular weight is 385 g/mol. The lowest BCUT2D eigenvalue weighted by molar-refractivity contribution is -0.306. The molecule has 3 aromatic rings. The van der Waals surface area contributed by atoms with Crippen molar-refractivity contribution >= 4 is 34.4 Å². The van der Waals surface area contributed by atoms with E-state index in [4.69, 9.17) is 11.6 Å². The summed E-state index contributed by atoms with van der Waals surface area (Å²) in [6.45, 7) is 1.22. The Morgan fingerprint density at radius 3 is 2.69 bits per heavy atom. The number of aliphatic carboxylic acids is 1.